The lowest BCUT2D eigenvalue weighted by atomic mass is 9.93. The van der Waals surface area contributed by atoms with E-state index in [-0.39, 0.29) is 0 Å². The van der Waals surface area contributed by atoms with Crippen LogP contribution in [0.2, 0.25) is 0 Å². The second-order valence-corrected chi connectivity index (χ2v) is 7.13. The Hall–Kier alpha value is -1.14. The van der Waals surface area contributed by atoms with Gasteiger partial charge in [0.25, 0.3) is 0 Å². The molecule has 1 aromatic rings. The maximum atomic E-state index is 10.7. The van der Waals surface area contributed by atoms with Crippen molar-refractivity contribution in [3.8, 4) is 0 Å². The number of rotatable bonds is 11. The van der Waals surface area contributed by atoms with E-state index in [1.54, 1.807) is 11.3 Å². The van der Waals surface area contributed by atoms with Crippen LogP contribution in [-0.2, 0) is 12.8 Å². The highest BCUT2D eigenvalue weighted by atomic mass is 32.1. The molecule has 0 radical (unpaired) electrons. The van der Waals surface area contributed by atoms with Crippen molar-refractivity contribution in [2.75, 3.05) is 19.6 Å². The number of nitrogens with zero attached hydrogens (tertiary/aromatic N) is 2. The summed E-state index contributed by atoms with van der Waals surface area (Å²) in [6, 6.07) is 0. The van der Waals surface area contributed by atoms with Gasteiger partial charge in [-0.3, -0.25) is 4.99 Å². The number of hydrogen-bond acceptors (Lipinski definition) is 4. The molecule has 138 valence electrons. The number of aliphatic imine (C=N–C) groups is 1. The van der Waals surface area contributed by atoms with Crippen molar-refractivity contribution in [3.05, 3.63) is 16.1 Å². The van der Waals surface area contributed by atoms with Gasteiger partial charge in [0.15, 0.2) is 5.96 Å². The van der Waals surface area contributed by atoms with E-state index in [0.717, 1.165) is 63.3 Å². The van der Waals surface area contributed by atoms with Crippen LogP contribution in [0.25, 0.3) is 0 Å². The van der Waals surface area contributed by atoms with Gasteiger partial charge in [0.05, 0.1) is 22.8 Å². The van der Waals surface area contributed by atoms with E-state index in [1.165, 1.54) is 5.01 Å². The Kier molecular flexibility index (Phi) is 9.95. The Morgan fingerprint density at radius 1 is 1.21 bits per heavy atom. The molecule has 1 rings (SSSR count). The van der Waals surface area contributed by atoms with Crippen LogP contribution in [0.3, 0.4) is 0 Å². The van der Waals surface area contributed by atoms with Crippen molar-refractivity contribution in [2.24, 2.45) is 4.99 Å². The summed E-state index contributed by atoms with van der Waals surface area (Å²) in [5, 5.41) is 20.6. The molecule has 0 fully saturated rings. The van der Waals surface area contributed by atoms with Crippen LogP contribution in [0.15, 0.2) is 10.4 Å². The normalized spacial score (nSPS) is 12.5. The van der Waals surface area contributed by atoms with Gasteiger partial charge in [0, 0.05) is 24.9 Å². The second-order valence-electron chi connectivity index (χ2n) is 6.18. The summed E-state index contributed by atoms with van der Waals surface area (Å²) < 4.78 is 0. The summed E-state index contributed by atoms with van der Waals surface area (Å²) in [7, 11) is 0. The molecule has 0 bridgehead atoms. The summed E-state index contributed by atoms with van der Waals surface area (Å²) in [6.07, 6.45) is 5.41. The lowest BCUT2D eigenvalue weighted by Gasteiger charge is -2.26. The topological polar surface area (TPSA) is 69.5 Å². The molecule has 0 aliphatic rings. The van der Waals surface area contributed by atoms with Gasteiger partial charge in [-0.15, -0.1) is 11.3 Å². The van der Waals surface area contributed by atoms with Crippen LogP contribution in [0.5, 0.6) is 0 Å². The van der Waals surface area contributed by atoms with Crippen LogP contribution in [0, 0.1) is 0 Å². The molecule has 0 saturated carbocycles. The zero-order valence-corrected chi connectivity index (χ0v) is 16.5. The van der Waals surface area contributed by atoms with Crippen LogP contribution in [-0.4, -0.2) is 41.3 Å². The molecule has 0 spiro atoms. The predicted molar refractivity (Wildman–Crippen MR) is 104 cm³/mol. The number of aromatic nitrogens is 1. The zero-order valence-electron chi connectivity index (χ0n) is 15.7. The minimum Gasteiger partial charge on any atom is -0.388 e. The van der Waals surface area contributed by atoms with Crippen molar-refractivity contribution in [1.82, 2.24) is 15.6 Å². The molecule has 6 heteroatoms. The Morgan fingerprint density at radius 3 is 2.46 bits per heavy atom. The fourth-order valence-electron chi connectivity index (χ4n) is 2.72. The van der Waals surface area contributed by atoms with Gasteiger partial charge >= 0.3 is 0 Å². The molecule has 1 aromatic heterocycles. The van der Waals surface area contributed by atoms with Gasteiger partial charge in [-0.1, -0.05) is 33.6 Å². The number of aliphatic hydroxyl groups is 1. The van der Waals surface area contributed by atoms with Gasteiger partial charge in [0.2, 0.25) is 0 Å². The largest absolute Gasteiger partial charge is 0.388 e. The van der Waals surface area contributed by atoms with Gasteiger partial charge in [-0.25, -0.2) is 4.98 Å². The molecule has 1 heterocycles. The number of aryl methyl sites for hydroxylation is 1. The van der Waals surface area contributed by atoms with E-state index in [4.69, 9.17) is 0 Å². The lowest BCUT2D eigenvalue weighted by Crippen LogP contribution is -2.40. The second kappa shape index (κ2) is 11.4. The average Bonchev–Trinajstić information content (AvgIpc) is 3.01. The van der Waals surface area contributed by atoms with Gasteiger partial charge < -0.3 is 15.7 Å². The van der Waals surface area contributed by atoms with Gasteiger partial charge in [-0.05, 0) is 26.2 Å². The van der Waals surface area contributed by atoms with Crippen molar-refractivity contribution in [3.63, 3.8) is 0 Å². The smallest absolute Gasteiger partial charge is 0.191 e. The summed E-state index contributed by atoms with van der Waals surface area (Å²) in [5.41, 5.74) is 0.449. The summed E-state index contributed by atoms with van der Waals surface area (Å²) in [5.74, 6) is 0.772. The Labute approximate surface area is 151 Å². The maximum absolute atomic E-state index is 10.7. The quantitative estimate of drug-likeness (QED) is 0.422. The SMILES string of the molecule is CCCC(O)(CCC)CN=C(NCC)NCCc1csc(CC)n1. The number of hydrogen-bond donors (Lipinski definition) is 3. The Morgan fingerprint density at radius 2 is 1.92 bits per heavy atom. The van der Waals surface area contributed by atoms with Crippen molar-refractivity contribution >= 4 is 17.3 Å². The van der Waals surface area contributed by atoms with Gasteiger partial charge in [-0.2, -0.15) is 0 Å². The Balaban J connectivity index is 2.54. The van der Waals surface area contributed by atoms with Crippen molar-refractivity contribution in [2.45, 2.75) is 71.8 Å². The highest BCUT2D eigenvalue weighted by molar-refractivity contribution is 7.09. The fourth-order valence-corrected chi connectivity index (χ4v) is 3.50. The molecule has 0 aromatic carbocycles. The summed E-state index contributed by atoms with van der Waals surface area (Å²) >= 11 is 1.73. The van der Waals surface area contributed by atoms with Crippen molar-refractivity contribution < 1.29 is 5.11 Å². The molecule has 0 aliphatic heterocycles. The van der Waals surface area contributed by atoms with E-state index in [1.807, 2.05) is 0 Å². The van der Waals surface area contributed by atoms with E-state index >= 15 is 0 Å². The fraction of sp³-hybridized carbons (Fsp3) is 0.778. The first-order chi connectivity index (χ1) is 11.6. The number of thiazole rings is 1. The molecule has 24 heavy (non-hydrogen) atoms. The van der Waals surface area contributed by atoms with Gasteiger partial charge in [0.1, 0.15) is 0 Å². The minimum atomic E-state index is -0.684. The number of nitrogens with one attached hydrogen (secondary N) is 2. The van der Waals surface area contributed by atoms with Crippen LogP contribution in [0.4, 0.5) is 0 Å². The highest BCUT2D eigenvalue weighted by Crippen LogP contribution is 2.19. The first kappa shape index (κ1) is 20.9. The third-order valence-electron chi connectivity index (χ3n) is 3.88. The third kappa shape index (κ3) is 7.62. The predicted octanol–water partition coefficient (Wildman–Crippen LogP) is 3.13. The Bertz CT molecular complexity index is 481. The summed E-state index contributed by atoms with van der Waals surface area (Å²) in [4.78, 5) is 9.19. The molecule has 0 saturated heterocycles. The standard InChI is InChI=1S/C18H34N4OS/c1-5-10-18(23,11-6-2)14-21-17(19-8-4)20-12-9-15-13-24-16(7-3)22-15/h13,23H,5-12,14H2,1-4H3,(H2,19,20,21). The van der Waals surface area contributed by atoms with E-state index in [2.05, 4.69) is 53.7 Å². The molecule has 3 N–H and O–H groups in total. The molecule has 0 aliphatic carbocycles. The van der Waals surface area contributed by atoms with E-state index < -0.39 is 5.60 Å². The third-order valence-corrected chi connectivity index (χ3v) is 4.92. The lowest BCUT2D eigenvalue weighted by molar-refractivity contribution is 0.0306. The molecular formula is C18H34N4OS. The molecule has 5 nitrogen and oxygen atoms in total. The highest BCUT2D eigenvalue weighted by Gasteiger charge is 2.24. The maximum Gasteiger partial charge on any atom is 0.191 e. The zero-order chi connectivity index (χ0) is 17.8. The first-order valence-electron chi connectivity index (χ1n) is 9.24. The monoisotopic (exact) mass is 354 g/mol. The molecular weight excluding hydrogens is 320 g/mol. The number of guanidine groups is 1. The minimum absolute atomic E-state index is 0.445. The van der Waals surface area contributed by atoms with E-state index in [9.17, 15) is 5.11 Å². The van der Waals surface area contributed by atoms with Crippen LogP contribution in [0.1, 0.15) is 64.1 Å². The van der Waals surface area contributed by atoms with Crippen LogP contribution >= 0.6 is 11.3 Å². The average molecular weight is 355 g/mol. The van der Waals surface area contributed by atoms with Crippen molar-refractivity contribution in [1.29, 1.82) is 0 Å². The van der Waals surface area contributed by atoms with Crippen LogP contribution < -0.4 is 10.6 Å². The molecule has 0 unspecified atom stereocenters. The molecule has 0 atom stereocenters. The summed E-state index contributed by atoms with van der Waals surface area (Å²) in [6.45, 7) is 10.4. The van der Waals surface area contributed by atoms with E-state index in [0.29, 0.717) is 6.54 Å². The molecule has 0 amide bonds. The first-order valence-corrected chi connectivity index (χ1v) is 10.1.